The van der Waals surface area contributed by atoms with Gasteiger partial charge in [0, 0.05) is 44.4 Å². The quantitative estimate of drug-likeness (QED) is 0.397. The van der Waals surface area contributed by atoms with Gasteiger partial charge < -0.3 is 25.0 Å². The normalized spacial score (nSPS) is 16.1. The zero-order chi connectivity index (χ0) is 29.2. The highest BCUT2D eigenvalue weighted by atomic mass is 32.1. The molecule has 2 amide bonds. The van der Waals surface area contributed by atoms with E-state index in [4.69, 9.17) is 9.84 Å². The van der Waals surface area contributed by atoms with E-state index < -0.39 is 36.6 Å². The number of nitrogens with one attached hydrogen (secondary N) is 1. The largest absolute Gasteiger partial charge is 0.413 e. The summed E-state index contributed by atoms with van der Waals surface area (Å²) >= 11 is 1.46. The maximum atomic E-state index is 14.3. The summed E-state index contributed by atoms with van der Waals surface area (Å²) in [6.07, 6.45) is -2.88. The van der Waals surface area contributed by atoms with Gasteiger partial charge in [0.1, 0.15) is 17.0 Å². The van der Waals surface area contributed by atoms with Crippen LogP contribution in [0, 0.1) is 12.8 Å². The summed E-state index contributed by atoms with van der Waals surface area (Å²) in [5.41, 5.74) is 2.60. The molecule has 4 rings (SSSR count). The minimum Gasteiger partial charge on any atom is -0.387 e. The van der Waals surface area contributed by atoms with Gasteiger partial charge in [-0.15, -0.1) is 0 Å². The number of amides is 2. The van der Waals surface area contributed by atoms with Crippen LogP contribution in [0.5, 0.6) is 0 Å². The Bertz CT molecular complexity index is 1360. The third kappa shape index (κ3) is 6.21. The van der Waals surface area contributed by atoms with E-state index >= 15 is 0 Å². The first-order valence-corrected chi connectivity index (χ1v) is 13.6. The molecule has 1 aliphatic rings. The van der Waals surface area contributed by atoms with Gasteiger partial charge in [0.15, 0.2) is 6.04 Å². The summed E-state index contributed by atoms with van der Waals surface area (Å²) in [7, 11) is 2.74. The number of carbonyl (C=O) groups is 2. The summed E-state index contributed by atoms with van der Waals surface area (Å²) in [5.74, 6) is -1.73. The molecule has 0 aliphatic carbocycles. The average molecular weight is 580 g/mol. The number of rotatable bonds is 8. The predicted molar refractivity (Wildman–Crippen MR) is 145 cm³/mol. The first-order chi connectivity index (χ1) is 18.9. The molecule has 2 atom stereocenters. The monoisotopic (exact) mass is 579 g/mol. The molecule has 3 aromatic rings. The van der Waals surface area contributed by atoms with Crippen molar-refractivity contribution < 1.29 is 32.6 Å². The fraction of sp³-hybridized carbons (Fsp3) is 0.481. The number of hydrogen-bond donors (Lipinski definition) is 2. The van der Waals surface area contributed by atoms with Crippen LogP contribution in [0.25, 0.3) is 10.3 Å². The van der Waals surface area contributed by atoms with Gasteiger partial charge in [-0.25, -0.2) is 9.97 Å². The van der Waals surface area contributed by atoms with E-state index in [0.717, 1.165) is 27.3 Å². The van der Waals surface area contributed by atoms with Crippen LogP contribution in [0.2, 0.25) is 0 Å². The average Bonchev–Trinajstić information content (AvgIpc) is 3.32. The van der Waals surface area contributed by atoms with Crippen molar-refractivity contribution in [3.05, 3.63) is 46.6 Å². The Hall–Kier alpha value is -3.29. The van der Waals surface area contributed by atoms with E-state index in [1.54, 1.807) is 13.3 Å². The number of fused-ring (bicyclic) bond motifs is 1. The molecule has 13 heteroatoms. The van der Waals surface area contributed by atoms with Crippen molar-refractivity contribution in [1.82, 2.24) is 19.8 Å². The minimum absolute atomic E-state index is 0.0732. The number of nitrogens with zero attached hydrogens (tertiary/aromatic N) is 4. The van der Waals surface area contributed by atoms with E-state index in [2.05, 4.69) is 15.3 Å². The molecule has 9 nitrogen and oxygen atoms in total. The van der Waals surface area contributed by atoms with Crippen molar-refractivity contribution in [1.29, 1.82) is 0 Å². The lowest BCUT2D eigenvalue weighted by Crippen LogP contribution is -2.47. The third-order valence-electron chi connectivity index (χ3n) is 7.22. The Kier molecular flexibility index (Phi) is 8.96. The van der Waals surface area contributed by atoms with Crippen LogP contribution in [0.1, 0.15) is 48.0 Å². The van der Waals surface area contributed by atoms with Crippen molar-refractivity contribution in [2.45, 2.75) is 45.0 Å². The lowest BCUT2D eigenvalue weighted by molar-refractivity contribution is -0.191. The maximum Gasteiger partial charge on any atom is 0.413 e. The molecule has 216 valence electrons. The fourth-order valence-electron chi connectivity index (χ4n) is 5.06. The van der Waals surface area contributed by atoms with Crippen LogP contribution in [0.3, 0.4) is 0 Å². The number of alkyl halides is 3. The van der Waals surface area contributed by atoms with Crippen molar-refractivity contribution in [2.75, 3.05) is 39.2 Å². The maximum absolute atomic E-state index is 14.3. The summed E-state index contributed by atoms with van der Waals surface area (Å²) < 4.78 is 48.3. The van der Waals surface area contributed by atoms with Crippen molar-refractivity contribution in [3.63, 3.8) is 0 Å². The highest BCUT2D eigenvalue weighted by molar-refractivity contribution is 7.18. The first kappa shape index (κ1) is 29.7. The lowest BCUT2D eigenvalue weighted by atomic mass is 9.93. The lowest BCUT2D eigenvalue weighted by Gasteiger charge is -2.36. The van der Waals surface area contributed by atoms with Gasteiger partial charge in [0.2, 0.25) is 11.8 Å². The number of piperidine rings is 1. The molecule has 1 fully saturated rings. The van der Waals surface area contributed by atoms with Crippen molar-refractivity contribution in [3.8, 4) is 0 Å². The second kappa shape index (κ2) is 12.1. The number of aryl methyl sites for hydroxylation is 1. The van der Waals surface area contributed by atoms with Crippen molar-refractivity contribution >= 4 is 44.9 Å². The Morgan fingerprint density at radius 1 is 1.25 bits per heavy atom. The number of hydrogen-bond acceptors (Lipinski definition) is 8. The molecule has 40 heavy (non-hydrogen) atoms. The Labute approximate surface area is 234 Å². The molecular weight excluding hydrogens is 547 g/mol. The van der Waals surface area contributed by atoms with Crippen LogP contribution < -0.4 is 5.32 Å². The Morgan fingerprint density at radius 2 is 1.90 bits per heavy atom. The van der Waals surface area contributed by atoms with Gasteiger partial charge >= 0.3 is 6.18 Å². The van der Waals surface area contributed by atoms with Gasteiger partial charge in [-0.3, -0.25) is 9.59 Å². The van der Waals surface area contributed by atoms with E-state index in [0.29, 0.717) is 16.9 Å². The second-order valence-electron chi connectivity index (χ2n) is 9.80. The van der Waals surface area contributed by atoms with Crippen LogP contribution in [0.15, 0.2) is 30.5 Å². The van der Waals surface area contributed by atoms with Crippen LogP contribution >= 0.6 is 11.3 Å². The van der Waals surface area contributed by atoms with Gasteiger partial charge in [-0.05, 0) is 44.4 Å². The fourth-order valence-corrected chi connectivity index (χ4v) is 5.83. The summed E-state index contributed by atoms with van der Waals surface area (Å²) in [5, 5.41) is 13.1. The second-order valence-corrected chi connectivity index (χ2v) is 11.0. The number of aromatic nitrogens is 2. The molecule has 0 radical (unpaired) electrons. The van der Waals surface area contributed by atoms with E-state index in [9.17, 15) is 22.8 Å². The van der Waals surface area contributed by atoms with Gasteiger partial charge in [-0.1, -0.05) is 23.5 Å². The smallest absolute Gasteiger partial charge is 0.387 e. The molecule has 0 saturated carbocycles. The number of halogens is 3. The molecule has 1 saturated heterocycles. The molecule has 1 aliphatic heterocycles. The molecule has 0 unspecified atom stereocenters. The Morgan fingerprint density at radius 3 is 2.48 bits per heavy atom. The SMILES string of the molecule is CO[C@@H](C)c1c(Nc2ccc([C@H](N(C)C(=O)C3CCN(C(=O)CO)CC3)C(F)(F)F)cc2)cnc2sc(C)nc12. The molecule has 1 aromatic carbocycles. The minimum atomic E-state index is -4.70. The highest BCUT2D eigenvalue weighted by Crippen LogP contribution is 2.40. The summed E-state index contributed by atoms with van der Waals surface area (Å²) in [6.45, 7) is 3.56. The number of aliphatic hydroxyl groups is 1. The van der Waals surface area contributed by atoms with Crippen LogP contribution in [-0.4, -0.2) is 76.7 Å². The highest BCUT2D eigenvalue weighted by Gasteiger charge is 2.46. The van der Waals surface area contributed by atoms with Gasteiger partial charge in [-0.2, -0.15) is 13.2 Å². The van der Waals surface area contributed by atoms with Gasteiger partial charge in [0.05, 0.1) is 23.0 Å². The third-order valence-corrected chi connectivity index (χ3v) is 8.09. The first-order valence-electron chi connectivity index (χ1n) is 12.8. The molecular formula is C27H32F3N5O4S. The topological polar surface area (TPSA) is 108 Å². The molecule has 3 heterocycles. The standard InChI is InChI=1S/C27H32F3N5O4S/c1-15(39-4)22-20(13-31-25-23(22)32-16(2)40-25)33-19-7-5-17(6-8-19)24(27(28,29)30)34(3)26(38)18-9-11-35(12-10-18)21(37)14-36/h5-8,13,15,18,24,33,36H,9-12,14H2,1-4H3/t15-,24-/m0/s1. The number of ether oxygens (including phenoxy) is 1. The number of benzene rings is 1. The molecule has 0 bridgehead atoms. The summed E-state index contributed by atoms with van der Waals surface area (Å²) in [6, 6.07) is 3.63. The zero-order valence-electron chi connectivity index (χ0n) is 22.7. The number of anilines is 2. The van der Waals surface area contributed by atoms with E-state index in [-0.39, 0.29) is 37.6 Å². The molecule has 0 spiro atoms. The number of pyridine rings is 1. The molecule has 2 aromatic heterocycles. The summed E-state index contributed by atoms with van der Waals surface area (Å²) in [4.78, 5) is 36.8. The number of methoxy groups -OCH3 is 1. The number of likely N-dealkylation sites (tertiary alicyclic amines) is 1. The zero-order valence-corrected chi connectivity index (χ0v) is 23.5. The number of aliphatic hydroxyl groups excluding tert-OH is 1. The van der Waals surface area contributed by atoms with Crippen LogP contribution in [0.4, 0.5) is 24.5 Å². The van der Waals surface area contributed by atoms with Crippen molar-refractivity contribution in [2.24, 2.45) is 5.92 Å². The van der Waals surface area contributed by atoms with E-state index in [1.807, 2.05) is 13.8 Å². The number of carbonyl (C=O) groups excluding carboxylic acids is 2. The van der Waals surface area contributed by atoms with Gasteiger partial charge in [0.25, 0.3) is 0 Å². The predicted octanol–water partition coefficient (Wildman–Crippen LogP) is 4.74. The molecule has 2 N–H and O–H groups in total. The Balaban J connectivity index is 1.54. The number of thiazole rings is 1. The van der Waals surface area contributed by atoms with E-state index in [1.165, 1.54) is 40.5 Å². The van der Waals surface area contributed by atoms with Crippen LogP contribution in [-0.2, 0) is 14.3 Å².